The van der Waals surface area contributed by atoms with Crippen LogP contribution >= 0.6 is 0 Å². The van der Waals surface area contributed by atoms with Crippen molar-refractivity contribution in [2.24, 2.45) is 0 Å². The highest BCUT2D eigenvalue weighted by atomic mass is 32.2. The van der Waals surface area contributed by atoms with E-state index in [1.165, 1.54) is 6.54 Å². The van der Waals surface area contributed by atoms with Gasteiger partial charge in [0.05, 0.1) is 0 Å². The van der Waals surface area contributed by atoms with E-state index in [0.717, 1.165) is 37.4 Å². The molecule has 0 saturated carbocycles. The zero-order valence-electron chi connectivity index (χ0n) is 8.87. The molecule has 0 radical (unpaired) electrons. The zero-order chi connectivity index (χ0) is 9.97. The lowest BCUT2D eigenvalue weighted by Gasteiger charge is -2.41. The van der Waals surface area contributed by atoms with Crippen molar-refractivity contribution >= 4 is 10.8 Å². The van der Waals surface area contributed by atoms with E-state index in [9.17, 15) is 4.21 Å². The molecule has 2 fully saturated rings. The molecule has 82 valence electrons. The summed E-state index contributed by atoms with van der Waals surface area (Å²) in [6, 6.07) is 1.35. The molecular weight excluding hydrogens is 196 g/mol. The van der Waals surface area contributed by atoms with Crippen molar-refractivity contribution < 1.29 is 4.21 Å². The van der Waals surface area contributed by atoms with Crippen LogP contribution in [0.25, 0.3) is 0 Å². The third kappa shape index (κ3) is 2.35. The van der Waals surface area contributed by atoms with Crippen LogP contribution in [0, 0.1) is 0 Å². The Hall–Kier alpha value is 0.0700. The number of hydrogen-bond donors (Lipinski definition) is 1. The van der Waals surface area contributed by atoms with E-state index < -0.39 is 10.8 Å². The van der Waals surface area contributed by atoms with Gasteiger partial charge in [-0.2, -0.15) is 0 Å². The summed E-state index contributed by atoms with van der Waals surface area (Å²) in [5.41, 5.74) is 0. The van der Waals surface area contributed by atoms with E-state index in [4.69, 9.17) is 0 Å². The molecule has 2 aliphatic rings. The highest BCUT2D eigenvalue weighted by molar-refractivity contribution is 7.85. The summed E-state index contributed by atoms with van der Waals surface area (Å²) in [4.78, 5) is 2.60. The van der Waals surface area contributed by atoms with Gasteiger partial charge in [-0.3, -0.25) is 9.11 Å². The summed E-state index contributed by atoms with van der Waals surface area (Å²) in [5.74, 6) is 1.84. The van der Waals surface area contributed by atoms with Crippen LogP contribution in [0.4, 0.5) is 0 Å². The highest BCUT2D eigenvalue weighted by Crippen LogP contribution is 2.19. The molecule has 3 nitrogen and oxygen atoms in total. The van der Waals surface area contributed by atoms with E-state index in [2.05, 4.69) is 17.1 Å². The summed E-state index contributed by atoms with van der Waals surface area (Å²) in [7, 11) is -0.519. The van der Waals surface area contributed by atoms with E-state index >= 15 is 0 Å². The first-order valence-corrected chi connectivity index (χ1v) is 7.07. The minimum absolute atomic E-state index is 0.519. The van der Waals surface area contributed by atoms with Gasteiger partial charge in [-0.1, -0.05) is 0 Å². The largest absolute Gasteiger partial charge is 0.314 e. The van der Waals surface area contributed by atoms with E-state index in [1.807, 2.05) is 0 Å². The van der Waals surface area contributed by atoms with Crippen molar-refractivity contribution in [2.45, 2.75) is 31.8 Å². The average Bonchev–Trinajstić information content (AvgIpc) is 2.20. The third-order valence-corrected chi connectivity index (χ3v) is 4.76. The fourth-order valence-electron chi connectivity index (χ4n) is 2.51. The second-order valence-electron chi connectivity index (χ2n) is 4.37. The Kier molecular flexibility index (Phi) is 3.57. The molecular formula is C10H20N2OS. The fourth-order valence-corrected chi connectivity index (χ4v) is 3.79. The smallest absolute Gasteiger partial charge is 0.0249 e. The first kappa shape index (κ1) is 10.6. The predicted molar refractivity (Wildman–Crippen MR) is 59.9 cm³/mol. The lowest BCUT2D eigenvalue weighted by atomic mass is 10.1. The quantitative estimate of drug-likeness (QED) is 0.679. The van der Waals surface area contributed by atoms with E-state index in [1.54, 1.807) is 0 Å². The van der Waals surface area contributed by atoms with Gasteiger partial charge in [0.1, 0.15) is 0 Å². The molecule has 0 aromatic heterocycles. The minimum atomic E-state index is -0.519. The number of rotatable bonds is 1. The molecule has 1 N–H and O–H groups in total. The molecule has 0 bridgehead atoms. The summed E-state index contributed by atoms with van der Waals surface area (Å²) in [6.45, 7) is 5.68. The Balaban J connectivity index is 1.90. The van der Waals surface area contributed by atoms with Crippen LogP contribution in [0.15, 0.2) is 0 Å². The van der Waals surface area contributed by atoms with Crippen molar-refractivity contribution in [1.29, 1.82) is 0 Å². The first-order valence-electron chi connectivity index (χ1n) is 5.59. The number of piperazine rings is 1. The molecule has 2 heterocycles. The van der Waals surface area contributed by atoms with Gasteiger partial charge < -0.3 is 5.32 Å². The topological polar surface area (TPSA) is 32.3 Å². The maximum Gasteiger partial charge on any atom is 0.0249 e. The predicted octanol–water partition coefficient (Wildman–Crippen LogP) is 0.191. The maximum atomic E-state index is 11.3. The first-order chi connectivity index (χ1) is 6.77. The standard InChI is InChI=1S/C10H20N2OS/c1-9-8-11-4-5-12(9)10-2-6-14(13)7-3-10/h9-11H,2-8H2,1H3. The van der Waals surface area contributed by atoms with Crippen molar-refractivity contribution in [3.8, 4) is 0 Å². The summed E-state index contributed by atoms with van der Waals surface area (Å²) >= 11 is 0. The summed E-state index contributed by atoms with van der Waals surface area (Å²) in [6.07, 6.45) is 2.27. The van der Waals surface area contributed by atoms with Crippen LogP contribution < -0.4 is 5.32 Å². The lowest BCUT2D eigenvalue weighted by molar-refractivity contribution is 0.109. The molecule has 2 saturated heterocycles. The Morgan fingerprint density at radius 1 is 1.36 bits per heavy atom. The third-order valence-electron chi connectivity index (χ3n) is 3.38. The Labute approximate surface area is 88.7 Å². The Morgan fingerprint density at radius 3 is 2.71 bits per heavy atom. The van der Waals surface area contributed by atoms with Gasteiger partial charge in [-0.05, 0) is 19.8 Å². The maximum absolute atomic E-state index is 11.3. The van der Waals surface area contributed by atoms with Crippen molar-refractivity contribution in [3.05, 3.63) is 0 Å². The SMILES string of the molecule is CC1CNCCN1C1CCS(=O)CC1. The second kappa shape index (κ2) is 4.73. The monoisotopic (exact) mass is 216 g/mol. The van der Waals surface area contributed by atoms with E-state index in [0.29, 0.717) is 12.1 Å². The molecule has 0 amide bonds. The van der Waals surface area contributed by atoms with Crippen LogP contribution in [-0.2, 0) is 10.8 Å². The summed E-state index contributed by atoms with van der Waals surface area (Å²) < 4.78 is 11.3. The molecule has 4 heteroatoms. The van der Waals surface area contributed by atoms with Crippen LogP contribution in [0.1, 0.15) is 19.8 Å². The molecule has 0 aliphatic carbocycles. The summed E-state index contributed by atoms with van der Waals surface area (Å²) in [5, 5.41) is 3.41. The Morgan fingerprint density at radius 2 is 2.07 bits per heavy atom. The van der Waals surface area contributed by atoms with Gasteiger partial charge in [0.15, 0.2) is 0 Å². The normalized spacial score (nSPS) is 41.1. The van der Waals surface area contributed by atoms with Gasteiger partial charge in [-0.15, -0.1) is 0 Å². The molecule has 1 unspecified atom stereocenters. The molecule has 2 rings (SSSR count). The van der Waals surface area contributed by atoms with Crippen LogP contribution in [-0.4, -0.2) is 52.3 Å². The van der Waals surface area contributed by atoms with Crippen molar-refractivity contribution in [3.63, 3.8) is 0 Å². The van der Waals surface area contributed by atoms with Crippen LogP contribution in [0.5, 0.6) is 0 Å². The lowest BCUT2D eigenvalue weighted by Crippen LogP contribution is -2.55. The zero-order valence-corrected chi connectivity index (χ0v) is 9.68. The van der Waals surface area contributed by atoms with Crippen LogP contribution in [0.2, 0.25) is 0 Å². The van der Waals surface area contributed by atoms with E-state index in [-0.39, 0.29) is 0 Å². The Bertz CT molecular complexity index is 212. The fraction of sp³-hybridized carbons (Fsp3) is 1.00. The number of hydrogen-bond acceptors (Lipinski definition) is 3. The number of nitrogens with one attached hydrogen (secondary N) is 1. The van der Waals surface area contributed by atoms with Crippen molar-refractivity contribution in [2.75, 3.05) is 31.1 Å². The molecule has 14 heavy (non-hydrogen) atoms. The van der Waals surface area contributed by atoms with Gasteiger partial charge >= 0.3 is 0 Å². The molecule has 2 aliphatic heterocycles. The van der Waals surface area contributed by atoms with Crippen molar-refractivity contribution in [1.82, 2.24) is 10.2 Å². The van der Waals surface area contributed by atoms with Gasteiger partial charge in [0, 0.05) is 54.0 Å². The highest BCUT2D eigenvalue weighted by Gasteiger charge is 2.28. The van der Waals surface area contributed by atoms with Crippen LogP contribution in [0.3, 0.4) is 0 Å². The number of nitrogens with zero attached hydrogens (tertiary/aromatic N) is 1. The minimum Gasteiger partial charge on any atom is -0.314 e. The average molecular weight is 216 g/mol. The molecule has 0 spiro atoms. The molecule has 1 atom stereocenters. The molecule has 0 aromatic rings. The molecule has 0 aromatic carbocycles. The second-order valence-corrected chi connectivity index (χ2v) is 6.07. The van der Waals surface area contributed by atoms with Gasteiger partial charge in [0.25, 0.3) is 0 Å². The van der Waals surface area contributed by atoms with Gasteiger partial charge in [-0.25, -0.2) is 0 Å². The van der Waals surface area contributed by atoms with Gasteiger partial charge in [0.2, 0.25) is 0 Å².